The molecule has 0 saturated carbocycles. The molecular formula is C17H21Cl2N3O3. The second-order valence-electron chi connectivity index (χ2n) is 5.29. The number of hydrogen-bond acceptors (Lipinski definition) is 5. The summed E-state index contributed by atoms with van der Waals surface area (Å²) in [5, 5.41) is 7.28. The number of halogens is 2. The molecule has 0 spiro atoms. The first-order valence-corrected chi connectivity index (χ1v) is 8.77. The predicted molar refractivity (Wildman–Crippen MR) is 100 cm³/mol. The maximum Gasteiger partial charge on any atom is 0.287 e. The van der Waals surface area contributed by atoms with Crippen LogP contribution in [0.25, 0.3) is 0 Å². The third-order valence-electron chi connectivity index (χ3n) is 3.52. The van der Waals surface area contributed by atoms with Gasteiger partial charge in [-0.1, -0.05) is 36.2 Å². The second-order valence-corrected chi connectivity index (χ2v) is 6.02. The number of benzene rings is 1. The molecule has 0 amide bonds. The van der Waals surface area contributed by atoms with E-state index in [1.54, 1.807) is 14.0 Å². The molecule has 1 aromatic carbocycles. The maximum absolute atomic E-state index is 12.1. The van der Waals surface area contributed by atoms with Crippen LogP contribution in [0.3, 0.4) is 0 Å². The van der Waals surface area contributed by atoms with Gasteiger partial charge in [0.05, 0.1) is 19.4 Å². The summed E-state index contributed by atoms with van der Waals surface area (Å²) < 4.78 is 12.2. The lowest BCUT2D eigenvalue weighted by atomic mass is 10.2. The molecule has 0 atom stereocenters. The van der Waals surface area contributed by atoms with E-state index in [1.165, 1.54) is 4.68 Å². The van der Waals surface area contributed by atoms with E-state index in [0.717, 1.165) is 12.0 Å². The average Bonchev–Trinajstić information content (AvgIpc) is 2.62. The van der Waals surface area contributed by atoms with Gasteiger partial charge in [-0.05, 0) is 31.0 Å². The fraction of sp³-hybridized carbons (Fsp3) is 0.412. The molecule has 0 aliphatic rings. The van der Waals surface area contributed by atoms with Gasteiger partial charge in [0, 0.05) is 13.1 Å². The van der Waals surface area contributed by atoms with Crippen LogP contribution in [0.5, 0.6) is 11.5 Å². The highest BCUT2D eigenvalue weighted by molar-refractivity contribution is 6.38. The van der Waals surface area contributed by atoms with Crippen molar-refractivity contribution in [2.45, 2.75) is 33.4 Å². The van der Waals surface area contributed by atoms with Crippen LogP contribution >= 0.6 is 23.2 Å². The summed E-state index contributed by atoms with van der Waals surface area (Å²) in [6, 6.07) is 5.61. The van der Waals surface area contributed by atoms with Crippen LogP contribution in [0.4, 0.5) is 5.69 Å². The summed E-state index contributed by atoms with van der Waals surface area (Å²) in [6.45, 7) is 5.24. The van der Waals surface area contributed by atoms with Crippen LogP contribution in [-0.4, -0.2) is 23.5 Å². The van der Waals surface area contributed by atoms with Gasteiger partial charge in [-0.2, -0.15) is 5.10 Å². The summed E-state index contributed by atoms with van der Waals surface area (Å²) in [7, 11) is 1.60. The van der Waals surface area contributed by atoms with Crippen LogP contribution in [0.2, 0.25) is 10.2 Å². The van der Waals surface area contributed by atoms with Crippen molar-refractivity contribution in [2.24, 2.45) is 0 Å². The maximum atomic E-state index is 12.1. The number of methoxy groups -OCH3 is 1. The van der Waals surface area contributed by atoms with Gasteiger partial charge >= 0.3 is 0 Å². The van der Waals surface area contributed by atoms with Crippen molar-refractivity contribution in [1.29, 1.82) is 0 Å². The number of nitrogens with zero attached hydrogens (tertiary/aromatic N) is 2. The number of ether oxygens (including phenoxy) is 2. The zero-order valence-corrected chi connectivity index (χ0v) is 15.9. The Hall–Kier alpha value is -1.92. The molecule has 0 aliphatic heterocycles. The first-order chi connectivity index (χ1) is 12.0. The van der Waals surface area contributed by atoms with Crippen molar-refractivity contribution in [3.63, 3.8) is 0 Å². The van der Waals surface area contributed by atoms with E-state index in [1.807, 2.05) is 25.1 Å². The Morgan fingerprint density at radius 1 is 1.24 bits per heavy atom. The highest BCUT2D eigenvalue weighted by Crippen LogP contribution is 2.30. The molecule has 0 radical (unpaired) electrons. The Bertz CT molecular complexity index is 793. The SMILES string of the molecule is CCCOc1cc(CNc2c(Cl)nn(CC)c(=O)c2Cl)ccc1OC. The van der Waals surface area contributed by atoms with Crippen LogP contribution < -0.4 is 20.3 Å². The highest BCUT2D eigenvalue weighted by atomic mass is 35.5. The zero-order valence-electron chi connectivity index (χ0n) is 14.4. The Morgan fingerprint density at radius 3 is 2.64 bits per heavy atom. The van der Waals surface area contributed by atoms with E-state index in [-0.39, 0.29) is 15.7 Å². The van der Waals surface area contributed by atoms with Gasteiger partial charge in [-0.25, -0.2) is 4.68 Å². The third kappa shape index (κ3) is 4.58. The second kappa shape index (κ2) is 8.97. The van der Waals surface area contributed by atoms with Gasteiger partial charge in [0.1, 0.15) is 5.02 Å². The fourth-order valence-electron chi connectivity index (χ4n) is 2.22. The van der Waals surface area contributed by atoms with Crippen LogP contribution in [0.1, 0.15) is 25.8 Å². The third-order valence-corrected chi connectivity index (χ3v) is 4.13. The van der Waals surface area contributed by atoms with E-state index in [4.69, 9.17) is 32.7 Å². The Labute approximate surface area is 156 Å². The first-order valence-electron chi connectivity index (χ1n) is 8.01. The molecule has 8 heteroatoms. The number of hydrogen-bond donors (Lipinski definition) is 1. The zero-order chi connectivity index (χ0) is 18.4. The molecule has 1 heterocycles. The lowest BCUT2D eigenvalue weighted by Crippen LogP contribution is -2.24. The minimum atomic E-state index is -0.377. The van der Waals surface area contributed by atoms with Crippen molar-refractivity contribution in [3.05, 3.63) is 44.3 Å². The van der Waals surface area contributed by atoms with E-state index in [0.29, 0.717) is 36.9 Å². The molecule has 2 rings (SSSR count). The molecule has 0 fully saturated rings. The minimum absolute atomic E-state index is 0.0258. The molecule has 6 nitrogen and oxygen atoms in total. The summed E-state index contributed by atoms with van der Waals surface area (Å²) in [6.07, 6.45) is 0.899. The van der Waals surface area contributed by atoms with Crippen LogP contribution in [-0.2, 0) is 13.1 Å². The van der Waals surface area contributed by atoms with Gasteiger partial charge in [-0.3, -0.25) is 4.79 Å². The minimum Gasteiger partial charge on any atom is -0.493 e. The number of aryl methyl sites for hydroxylation is 1. The molecule has 25 heavy (non-hydrogen) atoms. The lowest BCUT2D eigenvalue weighted by Gasteiger charge is -2.14. The van der Waals surface area contributed by atoms with Gasteiger partial charge < -0.3 is 14.8 Å². The molecule has 0 unspecified atom stereocenters. The van der Waals surface area contributed by atoms with E-state index in [2.05, 4.69) is 10.4 Å². The van der Waals surface area contributed by atoms with E-state index >= 15 is 0 Å². The van der Waals surface area contributed by atoms with Crippen molar-refractivity contribution in [1.82, 2.24) is 9.78 Å². The molecule has 0 saturated heterocycles. The lowest BCUT2D eigenvalue weighted by molar-refractivity contribution is 0.294. The molecular weight excluding hydrogens is 365 g/mol. The van der Waals surface area contributed by atoms with Gasteiger partial charge in [0.15, 0.2) is 16.7 Å². The topological polar surface area (TPSA) is 65.4 Å². The number of nitrogens with one attached hydrogen (secondary N) is 1. The van der Waals surface area contributed by atoms with E-state index < -0.39 is 0 Å². The molecule has 2 aromatic rings. The molecule has 1 aromatic heterocycles. The van der Waals surface area contributed by atoms with Crippen molar-refractivity contribution >= 4 is 28.9 Å². The standard InChI is InChI=1S/C17H21Cl2N3O3/c1-4-8-25-13-9-11(6-7-12(13)24-3)10-20-15-14(18)17(23)22(5-2)21-16(15)19/h6-7,9,20H,4-5,8,10H2,1-3H3. The quantitative estimate of drug-likeness (QED) is 0.744. The molecule has 0 aliphatic carbocycles. The largest absolute Gasteiger partial charge is 0.493 e. The molecule has 0 bridgehead atoms. The Kier molecular flexibility index (Phi) is 6.96. The number of anilines is 1. The predicted octanol–water partition coefficient (Wildman–Crippen LogP) is 3.98. The Balaban J connectivity index is 2.22. The fourth-order valence-corrected chi connectivity index (χ4v) is 2.78. The summed E-state index contributed by atoms with van der Waals surface area (Å²) in [5.41, 5.74) is 0.876. The summed E-state index contributed by atoms with van der Waals surface area (Å²) in [4.78, 5) is 12.1. The summed E-state index contributed by atoms with van der Waals surface area (Å²) >= 11 is 12.3. The Morgan fingerprint density at radius 2 is 2.00 bits per heavy atom. The van der Waals surface area contributed by atoms with Crippen molar-refractivity contribution in [2.75, 3.05) is 19.0 Å². The first kappa shape index (κ1) is 19.4. The highest BCUT2D eigenvalue weighted by Gasteiger charge is 2.14. The smallest absolute Gasteiger partial charge is 0.287 e. The van der Waals surface area contributed by atoms with Gasteiger partial charge in [0.2, 0.25) is 0 Å². The van der Waals surface area contributed by atoms with Gasteiger partial charge in [0.25, 0.3) is 5.56 Å². The molecule has 1 N–H and O–H groups in total. The van der Waals surface area contributed by atoms with Crippen LogP contribution in [0, 0.1) is 0 Å². The van der Waals surface area contributed by atoms with Crippen molar-refractivity contribution in [3.8, 4) is 11.5 Å². The normalized spacial score (nSPS) is 10.6. The van der Waals surface area contributed by atoms with Gasteiger partial charge in [-0.15, -0.1) is 0 Å². The molecule has 136 valence electrons. The average molecular weight is 386 g/mol. The number of aromatic nitrogens is 2. The van der Waals surface area contributed by atoms with Crippen molar-refractivity contribution < 1.29 is 9.47 Å². The number of rotatable bonds is 8. The summed E-state index contributed by atoms with van der Waals surface area (Å²) in [5.74, 6) is 1.33. The monoisotopic (exact) mass is 385 g/mol. The van der Waals surface area contributed by atoms with Crippen LogP contribution in [0.15, 0.2) is 23.0 Å². The van der Waals surface area contributed by atoms with E-state index in [9.17, 15) is 4.79 Å².